The number of rotatable bonds is 8. The summed E-state index contributed by atoms with van der Waals surface area (Å²) in [6, 6.07) is 22.1. The molecular formula is C26H24N4O3. The number of benzene rings is 3. The third-order valence-corrected chi connectivity index (χ3v) is 4.94. The van der Waals surface area contributed by atoms with E-state index in [9.17, 15) is 14.9 Å². The van der Waals surface area contributed by atoms with Gasteiger partial charge < -0.3 is 10.1 Å². The molecule has 166 valence electrons. The lowest BCUT2D eigenvalue weighted by Crippen LogP contribution is -2.24. The highest BCUT2D eigenvalue weighted by molar-refractivity contribution is 6.03. The van der Waals surface area contributed by atoms with E-state index < -0.39 is 11.8 Å². The number of amides is 2. The van der Waals surface area contributed by atoms with E-state index in [0.29, 0.717) is 22.6 Å². The Hall–Kier alpha value is -4.44. The Labute approximate surface area is 192 Å². The number of para-hydroxylation sites is 1. The van der Waals surface area contributed by atoms with Crippen LogP contribution in [0.1, 0.15) is 34.2 Å². The van der Waals surface area contributed by atoms with Crippen molar-refractivity contribution < 1.29 is 14.3 Å². The second-order valence-electron chi connectivity index (χ2n) is 7.41. The van der Waals surface area contributed by atoms with Crippen LogP contribution in [0.4, 0.5) is 5.69 Å². The Balaban J connectivity index is 1.54. The fraction of sp³-hybridized carbons (Fsp3) is 0.154. The summed E-state index contributed by atoms with van der Waals surface area (Å²) in [4.78, 5) is 24.2. The quantitative estimate of drug-likeness (QED) is 0.311. The largest absolute Gasteiger partial charge is 0.488 e. The van der Waals surface area contributed by atoms with Gasteiger partial charge >= 0.3 is 0 Å². The number of hydrogen-bond acceptors (Lipinski definition) is 5. The standard InChI is InChI=1S/C26H24N4O3/c1-18-11-12-23(13-19(18)2)29-25(31)14-26(32)30-28-16-21-8-5-6-10-24(21)33-17-22-9-4-3-7-20(22)15-27/h3-13,16H,14,17H2,1-2H3,(H,29,31)(H,30,32). The van der Waals surface area contributed by atoms with Gasteiger partial charge in [0.05, 0.1) is 17.8 Å². The van der Waals surface area contributed by atoms with E-state index in [2.05, 4.69) is 21.9 Å². The molecule has 0 saturated heterocycles. The van der Waals surface area contributed by atoms with E-state index in [-0.39, 0.29) is 13.0 Å². The number of nitriles is 1. The second-order valence-corrected chi connectivity index (χ2v) is 7.41. The van der Waals surface area contributed by atoms with Gasteiger partial charge in [0.1, 0.15) is 18.8 Å². The zero-order chi connectivity index (χ0) is 23.6. The van der Waals surface area contributed by atoms with Crippen LogP contribution in [0.5, 0.6) is 5.75 Å². The number of ether oxygens (including phenoxy) is 1. The van der Waals surface area contributed by atoms with E-state index in [1.54, 1.807) is 30.3 Å². The minimum absolute atomic E-state index is 0.222. The maximum atomic E-state index is 12.1. The molecule has 0 atom stereocenters. The Kier molecular flexibility index (Phi) is 7.92. The molecule has 0 heterocycles. The van der Waals surface area contributed by atoms with Gasteiger partial charge in [0, 0.05) is 16.8 Å². The molecule has 2 N–H and O–H groups in total. The summed E-state index contributed by atoms with van der Waals surface area (Å²) in [7, 11) is 0. The zero-order valence-corrected chi connectivity index (χ0v) is 18.5. The lowest BCUT2D eigenvalue weighted by Gasteiger charge is -2.10. The van der Waals surface area contributed by atoms with E-state index in [1.165, 1.54) is 6.21 Å². The van der Waals surface area contributed by atoms with Crippen LogP contribution in [0.2, 0.25) is 0 Å². The lowest BCUT2D eigenvalue weighted by atomic mass is 10.1. The molecule has 2 amide bonds. The van der Waals surface area contributed by atoms with Gasteiger partial charge in [-0.1, -0.05) is 36.4 Å². The van der Waals surface area contributed by atoms with E-state index in [0.717, 1.165) is 16.7 Å². The van der Waals surface area contributed by atoms with Crippen LogP contribution in [0.3, 0.4) is 0 Å². The molecule has 0 bridgehead atoms. The van der Waals surface area contributed by atoms with Crippen LogP contribution < -0.4 is 15.5 Å². The molecule has 0 aliphatic carbocycles. The minimum Gasteiger partial charge on any atom is -0.488 e. The van der Waals surface area contributed by atoms with Gasteiger partial charge in [-0.25, -0.2) is 5.43 Å². The maximum Gasteiger partial charge on any atom is 0.249 e. The summed E-state index contributed by atoms with van der Waals surface area (Å²) in [5, 5.41) is 15.9. The maximum absolute atomic E-state index is 12.1. The smallest absolute Gasteiger partial charge is 0.249 e. The highest BCUT2D eigenvalue weighted by Crippen LogP contribution is 2.19. The van der Waals surface area contributed by atoms with Gasteiger partial charge in [0.25, 0.3) is 0 Å². The van der Waals surface area contributed by atoms with Gasteiger partial charge in [-0.2, -0.15) is 10.4 Å². The molecule has 3 aromatic rings. The third-order valence-electron chi connectivity index (χ3n) is 4.94. The molecule has 0 saturated carbocycles. The molecule has 3 aromatic carbocycles. The summed E-state index contributed by atoms with van der Waals surface area (Å²) in [5.74, 6) is -0.407. The molecule has 0 spiro atoms. The van der Waals surface area contributed by atoms with E-state index >= 15 is 0 Å². The molecule has 7 heteroatoms. The average molecular weight is 441 g/mol. The Bertz CT molecular complexity index is 1230. The van der Waals surface area contributed by atoms with Gasteiger partial charge in [0.15, 0.2) is 0 Å². The number of nitrogens with zero attached hydrogens (tertiary/aromatic N) is 2. The van der Waals surface area contributed by atoms with E-state index in [1.807, 2.05) is 50.2 Å². The van der Waals surface area contributed by atoms with Crippen molar-refractivity contribution in [2.45, 2.75) is 26.9 Å². The molecule has 0 aromatic heterocycles. The summed E-state index contributed by atoms with van der Waals surface area (Å²) >= 11 is 0. The first kappa shape index (κ1) is 23.2. The first-order valence-corrected chi connectivity index (χ1v) is 10.3. The molecule has 33 heavy (non-hydrogen) atoms. The molecule has 0 fully saturated rings. The fourth-order valence-corrected chi connectivity index (χ4v) is 3.01. The van der Waals surface area contributed by atoms with Crippen molar-refractivity contribution in [2.24, 2.45) is 5.10 Å². The normalized spacial score (nSPS) is 10.5. The summed E-state index contributed by atoms with van der Waals surface area (Å²) in [5.41, 5.74) is 7.15. The number of hydrogen-bond donors (Lipinski definition) is 2. The van der Waals surface area contributed by atoms with Gasteiger partial charge in [-0.15, -0.1) is 0 Å². The summed E-state index contributed by atoms with van der Waals surface area (Å²) in [6.45, 7) is 4.16. The second kappa shape index (κ2) is 11.3. The molecule has 0 aliphatic heterocycles. The van der Waals surface area contributed by atoms with Gasteiger partial charge in [-0.05, 0) is 55.3 Å². The van der Waals surface area contributed by atoms with Crippen LogP contribution in [-0.2, 0) is 16.2 Å². The predicted molar refractivity (Wildman–Crippen MR) is 127 cm³/mol. The topological polar surface area (TPSA) is 104 Å². The molecule has 0 aliphatic rings. The van der Waals surface area contributed by atoms with Gasteiger partial charge in [-0.3, -0.25) is 9.59 Å². The first-order chi connectivity index (χ1) is 16.0. The van der Waals surface area contributed by atoms with Crippen LogP contribution >= 0.6 is 0 Å². The van der Waals surface area contributed by atoms with Crippen molar-refractivity contribution in [1.82, 2.24) is 5.43 Å². The number of aryl methyl sites for hydroxylation is 2. The van der Waals surface area contributed by atoms with Crippen molar-refractivity contribution in [3.8, 4) is 11.8 Å². The van der Waals surface area contributed by atoms with Crippen LogP contribution in [-0.4, -0.2) is 18.0 Å². The lowest BCUT2D eigenvalue weighted by molar-refractivity contribution is -0.126. The van der Waals surface area contributed by atoms with Gasteiger partial charge in [0.2, 0.25) is 11.8 Å². The molecule has 7 nitrogen and oxygen atoms in total. The van der Waals surface area contributed by atoms with Crippen molar-refractivity contribution in [1.29, 1.82) is 5.26 Å². The minimum atomic E-state index is -0.533. The Morgan fingerprint density at radius 1 is 1.00 bits per heavy atom. The third kappa shape index (κ3) is 6.77. The first-order valence-electron chi connectivity index (χ1n) is 10.3. The summed E-state index contributed by atoms with van der Waals surface area (Å²) in [6.07, 6.45) is 1.10. The highest BCUT2D eigenvalue weighted by Gasteiger charge is 2.10. The van der Waals surface area contributed by atoms with Crippen molar-refractivity contribution >= 4 is 23.7 Å². The molecule has 3 rings (SSSR count). The Morgan fingerprint density at radius 2 is 1.76 bits per heavy atom. The number of hydrazone groups is 1. The van der Waals surface area contributed by atoms with Crippen molar-refractivity contribution in [3.63, 3.8) is 0 Å². The van der Waals surface area contributed by atoms with Crippen LogP contribution in [0.15, 0.2) is 71.8 Å². The highest BCUT2D eigenvalue weighted by atomic mass is 16.5. The monoisotopic (exact) mass is 440 g/mol. The summed E-state index contributed by atoms with van der Waals surface area (Å²) < 4.78 is 5.85. The van der Waals surface area contributed by atoms with E-state index in [4.69, 9.17) is 4.74 Å². The fourth-order valence-electron chi connectivity index (χ4n) is 3.01. The number of carbonyl (C=O) groups excluding carboxylic acids is 2. The number of anilines is 1. The van der Waals surface area contributed by atoms with Crippen LogP contribution in [0.25, 0.3) is 0 Å². The zero-order valence-electron chi connectivity index (χ0n) is 18.5. The average Bonchev–Trinajstić information content (AvgIpc) is 2.81. The number of carbonyl (C=O) groups is 2. The molecular weight excluding hydrogens is 416 g/mol. The predicted octanol–water partition coefficient (Wildman–Crippen LogP) is 4.23. The Morgan fingerprint density at radius 3 is 2.55 bits per heavy atom. The van der Waals surface area contributed by atoms with Crippen molar-refractivity contribution in [3.05, 3.63) is 94.5 Å². The molecule has 0 unspecified atom stereocenters. The number of nitrogens with one attached hydrogen (secondary N) is 2. The van der Waals surface area contributed by atoms with Crippen LogP contribution in [0, 0.1) is 25.2 Å². The van der Waals surface area contributed by atoms with Crippen molar-refractivity contribution in [2.75, 3.05) is 5.32 Å². The molecule has 0 radical (unpaired) electrons. The SMILES string of the molecule is Cc1ccc(NC(=O)CC(=O)NN=Cc2ccccc2OCc2ccccc2C#N)cc1C.